The van der Waals surface area contributed by atoms with Crippen molar-refractivity contribution in [1.82, 2.24) is 0 Å². The van der Waals surface area contributed by atoms with Gasteiger partial charge < -0.3 is 20.0 Å². The molecule has 0 unspecified atom stereocenters. The van der Waals surface area contributed by atoms with E-state index in [2.05, 4.69) is 5.32 Å². The first kappa shape index (κ1) is 14.5. The second-order valence-corrected chi connectivity index (χ2v) is 4.15. The van der Waals surface area contributed by atoms with Crippen LogP contribution in [0.4, 0.5) is 10.1 Å². The molecule has 0 saturated heterocycles. The minimum absolute atomic E-state index is 0.317. The molecule has 0 spiro atoms. The minimum Gasteiger partial charge on any atom is -0.546 e. The van der Waals surface area contributed by atoms with Gasteiger partial charge in [-0.2, -0.15) is 0 Å². The third-order valence-corrected chi connectivity index (χ3v) is 2.58. The Balaban J connectivity index is 1.99. The summed E-state index contributed by atoms with van der Waals surface area (Å²) in [6.45, 7) is -0.554. The van der Waals surface area contributed by atoms with Crippen molar-refractivity contribution in [2.45, 2.75) is 0 Å². The summed E-state index contributed by atoms with van der Waals surface area (Å²) < 4.78 is 17.6. The number of nitrogens with one attached hydrogen (secondary N) is 1. The molecule has 108 valence electrons. The van der Waals surface area contributed by atoms with Crippen LogP contribution in [-0.2, 0) is 4.79 Å². The molecular formula is C15H11FNO4-. The summed E-state index contributed by atoms with van der Waals surface area (Å²) in [4.78, 5) is 22.2. The van der Waals surface area contributed by atoms with Crippen molar-refractivity contribution in [2.24, 2.45) is 0 Å². The fourth-order valence-electron chi connectivity index (χ4n) is 1.58. The number of halogens is 1. The number of benzene rings is 2. The van der Waals surface area contributed by atoms with E-state index in [0.29, 0.717) is 17.0 Å². The maximum Gasteiger partial charge on any atom is 0.255 e. The molecule has 1 N–H and O–H groups in total. The molecule has 21 heavy (non-hydrogen) atoms. The van der Waals surface area contributed by atoms with Gasteiger partial charge in [-0.15, -0.1) is 0 Å². The fourth-order valence-corrected chi connectivity index (χ4v) is 1.58. The van der Waals surface area contributed by atoms with Gasteiger partial charge in [0.25, 0.3) is 5.91 Å². The summed E-state index contributed by atoms with van der Waals surface area (Å²) in [5.41, 5.74) is 0.832. The number of carbonyl (C=O) groups is 2. The molecule has 0 heterocycles. The molecule has 0 aromatic heterocycles. The van der Waals surface area contributed by atoms with E-state index in [4.69, 9.17) is 4.74 Å². The van der Waals surface area contributed by atoms with Gasteiger partial charge in [0.2, 0.25) is 0 Å². The van der Waals surface area contributed by atoms with Crippen LogP contribution in [0, 0.1) is 5.82 Å². The van der Waals surface area contributed by atoms with E-state index >= 15 is 0 Å². The summed E-state index contributed by atoms with van der Waals surface area (Å²) in [6, 6.07) is 11.3. The van der Waals surface area contributed by atoms with Gasteiger partial charge in [-0.1, -0.05) is 0 Å². The molecule has 6 heteroatoms. The highest BCUT2D eigenvalue weighted by molar-refractivity contribution is 6.04. The number of rotatable bonds is 5. The predicted molar refractivity (Wildman–Crippen MR) is 71.3 cm³/mol. The average molecular weight is 288 g/mol. The Morgan fingerprint density at radius 1 is 1.05 bits per heavy atom. The maximum absolute atomic E-state index is 12.7. The van der Waals surface area contributed by atoms with E-state index in [1.807, 2.05) is 0 Å². The summed E-state index contributed by atoms with van der Waals surface area (Å²) in [5, 5.41) is 12.9. The minimum atomic E-state index is -1.33. The van der Waals surface area contributed by atoms with Crippen LogP contribution < -0.4 is 15.2 Å². The zero-order valence-corrected chi connectivity index (χ0v) is 10.8. The van der Waals surface area contributed by atoms with E-state index < -0.39 is 12.6 Å². The Kier molecular flexibility index (Phi) is 4.50. The highest BCUT2D eigenvalue weighted by Crippen LogP contribution is 2.14. The third-order valence-electron chi connectivity index (χ3n) is 2.58. The Labute approximate surface area is 120 Å². The number of ether oxygens (including phenoxy) is 1. The highest BCUT2D eigenvalue weighted by Gasteiger charge is 2.06. The zero-order valence-electron chi connectivity index (χ0n) is 10.8. The van der Waals surface area contributed by atoms with E-state index in [-0.39, 0.29) is 11.7 Å². The first-order chi connectivity index (χ1) is 10.0. The monoisotopic (exact) mass is 288 g/mol. The quantitative estimate of drug-likeness (QED) is 0.897. The lowest BCUT2D eigenvalue weighted by molar-refractivity contribution is -0.307. The molecule has 2 aromatic carbocycles. The number of carboxylic acids is 1. The van der Waals surface area contributed by atoms with Crippen LogP contribution in [0.15, 0.2) is 48.5 Å². The SMILES string of the molecule is O=C([O-])COc1ccc(C(=O)Nc2ccc(F)cc2)cc1. The largest absolute Gasteiger partial charge is 0.546 e. The molecule has 0 aliphatic carbocycles. The smallest absolute Gasteiger partial charge is 0.255 e. The van der Waals surface area contributed by atoms with Crippen LogP contribution in [0.25, 0.3) is 0 Å². The molecule has 0 saturated carbocycles. The predicted octanol–water partition coefficient (Wildman–Crippen LogP) is 1.21. The fraction of sp³-hybridized carbons (Fsp3) is 0.0667. The lowest BCUT2D eigenvalue weighted by atomic mass is 10.2. The van der Waals surface area contributed by atoms with Crippen molar-refractivity contribution >= 4 is 17.6 Å². The molecule has 0 radical (unpaired) electrons. The van der Waals surface area contributed by atoms with Crippen molar-refractivity contribution < 1.29 is 23.8 Å². The van der Waals surface area contributed by atoms with E-state index in [1.165, 1.54) is 48.5 Å². The van der Waals surface area contributed by atoms with Crippen LogP contribution in [0.5, 0.6) is 5.75 Å². The van der Waals surface area contributed by atoms with Crippen molar-refractivity contribution in [2.75, 3.05) is 11.9 Å². The standard InChI is InChI=1S/C15H12FNO4/c16-11-3-5-12(6-4-11)17-15(20)10-1-7-13(8-2-10)21-9-14(18)19/h1-8H,9H2,(H,17,20)(H,18,19)/p-1. The van der Waals surface area contributed by atoms with Gasteiger partial charge in [0, 0.05) is 11.3 Å². The van der Waals surface area contributed by atoms with E-state index in [1.54, 1.807) is 0 Å². The molecule has 0 atom stereocenters. The normalized spacial score (nSPS) is 9.95. The van der Waals surface area contributed by atoms with Crippen LogP contribution in [0.3, 0.4) is 0 Å². The van der Waals surface area contributed by atoms with Crippen molar-refractivity contribution in [1.29, 1.82) is 0 Å². The summed E-state index contributed by atoms with van der Waals surface area (Å²) in [7, 11) is 0. The molecule has 2 rings (SSSR count). The van der Waals surface area contributed by atoms with Gasteiger partial charge >= 0.3 is 0 Å². The van der Waals surface area contributed by atoms with Gasteiger partial charge in [-0.05, 0) is 48.5 Å². The zero-order chi connectivity index (χ0) is 15.2. The molecule has 5 nitrogen and oxygen atoms in total. The van der Waals surface area contributed by atoms with Crippen molar-refractivity contribution in [3.05, 3.63) is 59.9 Å². The van der Waals surface area contributed by atoms with Crippen LogP contribution in [-0.4, -0.2) is 18.5 Å². The average Bonchev–Trinajstić information content (AvgIpc) is 2.48. The highest BCUT2D eigenvalue weighted by atomic mass is 19.1. The second-order valence-electron chi connectivity index (χ2n) is 4.15. The molecule has 2 aromatic rings. The lowest BCUT2D eigenvalue weighted by Gasteiger charge is -2.08. The van der Waals surface area contributed by atoms with Crippen molar-refractivity contribution in [3.63, 3.8) is 0 Å². The van der Waals surface area contributed by atoms with Gasteiger partial charge in [0.15, 0.2) is 0 Å². The Hall–Kier alpha value is -2.89. The third kappa shape index (κ3) is 4.31. The van der Waals surface area contributed by atoms with Gasteiger partial charge in [-0.25, -0.2) is 4.39 Å². The number of amides is 1. The van der Waals surface area contributed by atoms with Gasteiger partial charge in [-0.3, -0.25) is 4.79 Å². The molecule has 0 aliphatic heterocycles. The van der Waals surface area contributed by atoms with Gasteiger partial charge in [0.05, 0.1) is 5.97 Å². The Morgan fingerprint density at radius 3 is 2.24 bits per heavy atom. The number of anilines is 1. The Bertz CT molecular complexity index is 638. The number of hydrogen-bond donors (Lipinski definition) is 1. The van der Waals surface area contributed by atoms with Crippen LogP contribution in [0.1, 0.15) is 10.4 Å². The van der Waals surface area contributed by atoms with E-state index in [9.17, 15) is 19.1 Å². The molecule has 1 amide bonds. The van der Waals surface area contributed by atoms with Crippen LogP contribution in [0.2, 0.25) is 0 Å². The molecule has 0 bridgehead atoms. The summed E-state index contributed by atoms with van der Waals surface area (Å²) in [5.74, 6) is -1.76. The lowest BCUT2D eigenvalue weighted by Crippen LogP contribution is -2.28. The Morgan fingerprint density at radius 2 is 1.67 bits per heavy atom. The molecule has 0 aliphatic rings. The maximum atomic E-state index is 12.7. The first-order valence-corrected chi connectivity index (χ1v) is 6.04. The van der Waals surface area contributed by atoms with Crippen LogP contribution >= 0.6 is 0 Å². The topological polar surface area (TPSA) is 78.5 Å². The molecular weight excluding hydrogens is 277 g/mol. The summed E-state index contributed by atoms with van der Waals surface area (Å²) >= 11 is 0. The first-order valence-electron chi connectivity index (χ1n) is 6.04. The number of carboxylic acid groups (broad SMARTS) is 1. The van der Waals surface area contributed by atoms with Gasteiger partial charge in [0.1, 0.15) is 18.2 Å². The number of carbonyl (C=O) groups excluding carboxylic acids is 2. The number of hydrogen-bond acceptors (Lipinski definition) is 4. The van der Waals surface area contributed by atoms with E-state index in [0.717, 1.165) is 0 Å². The molecule has 0 fully saturated rings. The second kappa shape index (κ2) is 6.51. The van der Waals surface area contributed by atoms with Crippen molar-refractivity contribution in [3.8, 4) is 5.75 Å². The summed E-state index contributed by atoms with van der Waals surface area (Å²) in [6.07, 6.45) is 0. The number of aliphatic carboxylic acids is 1.